The molecule has 0 bridgehead atoms. The van der Waals surface area contributed by atoms with E-state index in [9.17, 15) is 13.2 Å². The van der Waals surface area contributed by atoms with Crippen LogP contribution in [0.5, 0.6) is 5.75 Å². The van der Waals surface area contributed by atoms with Crippen LogP contribution in [0.25, 0.3) is 0 Å². The molecule has 1 fully saturated rings. The minimum atomic E-state index is -3.58. The molecule has 0 aromatic heterocycles. The van der Waals surface area contributed by atoms with Gasteiger partial charge < -0.3 is 10.1 Å². The maximum Gasteiger partial charge on any atom is 0.251 e. The summed E-state index contributed by atoms with van der Waals surface area (Å²) >= 11 is 0. The Morgan fingerprint density at radius 3 is 2.41 bits per heavy atom. The Hall–Kier alpha value is -2.38. The molecule has 6 nitrogen and oxygen atoms in total. The molecule has 7 heteroatoms. The Morgan fingerprint density at radius 1 is 1.10 bits per heavy atom. The molecule has 3 rings (SSSR count). The van der Waals surface area contributed by atoms with Crippen LogP contribution in [-0.4, -0.2) is 44.4 Å². The van der Waals surface area contributed by atoms with Crippen LogP contribution in [-0.2, 0) is 10.0 Å². The van der Waals surface area contributed by atoms with Crippen molar-refractivity contribution >= 4 is 15.9 Å². The Bertz CT molecular complexity index is 965. The van der Waals surface area contributed by atoms with Gasteiger partial charge >= 0.3 is 0 Å². The van der Waals surface area contributed by atoms with E-state index in [0.29, 0.717) is 30.8 Å². The van der Waals surface area contributed by atoms with E-state index in [0.717, 1.165) is 24.2 Å². The zero-order valence-electron chi connectivity index (χ0n) is 17.1. The third-order valence-corrected chi connectivity index (χ3v) is 7.07. The van der Waals surface area contributed by atoms with Gasteiger partial charge in [0.2, 0.25) is 10.0 Å². The van der Waals surface area contributed by atoms with Crippen LogP contribution in [0, 0.1) is 13.8 Å². The Kier molecular flexibility index (Phi) is 6.59. The second kappa shape index (κ2) is 8.97. The summed E-state index contributed by atoms with van der Waals surface area (Å²) in [4.78, 5) is 12.9. The molecule has 1 heterocycles. The minimum absolute atomic E-state index is 0.204. The zero-order chi connectivity index (χ0) is 21.0. The number of carbonyl (C=O) groups is 1. The van der Waals surface area contributed by atoms with Gasteiger partial charge in [-0.25, -0.2) is 8.42 Å². The van der Waals surface area contributed by atoms with E-state index in [1.54, 1.807) is 19.1 Å². The predicted octanol–water partition coefficient (Wildman–Crippen LogP) is 3.29. The van der Waals surface area contributed by atoms with Crippen LogP contribution in [0.4, 0.5) is 0 Å². The van der Waals surface area contributed by atoms with Gasteiger partial charge in [-0.1, -0.05) is 23.8 Å². The van der Waals surface area contributed by atoms with Crippen LogP contribution in [0.3, 0.4) is 0 Å². The highest BCUT2D eigenvalue weighted by atomic mass is 32.2. The van der Waals surface area contributed by atoms with Gasteiger partial charge in [-0.15, -0.1) is 0 Å². The summed E-state index contributed by atoms with van der Waals surface area (Å²) in [6.45, 7) is 6.99. The molecule has 2 aromatic carbocycles. The van der Waals surface area contributed by atoms with Crippen molar-refractivity contribution in [2.75, 3.05) is 19.7 Å². The highest BCUT2D eigenvalue weighted by Gasteiger charge is 2.29. The number of carbonyl (C=O) groups excluding carboxylic acids is 1. The molecule has 1 atom stereocenters. The first-order valence-corrected chi connectivity index (χ1v) is 11.3. The van der Waals surface area contributed by atoms with Crippen LogP contribution in [0.15, 0.2) is 47.4 Å². The summed E-state index contributed by atoms with van der Waals surface area (Å²) in [5.41, 5.74) is 2.12. The fourth-order valence-electron chi connectivity index (χ4n) is 3.29. The monoisotopic (exact) mass is 416 g/mol. The molecule has 1 unspecified atom stereocenters. The van der Waals surface area contributed by atoms with E-state index in [2.05, 4.69) is 5.32 Å². The summed E-state index contributed by atoms with van der Waals surface area (Å²) < 4.78 is 33.0. The van der Waals surface area contributed by atoms with E-state index in [1.165, 1.54) is 10.4 Å². The smallest absolute Gasteiger partial charge is 0.251 e. The summed E-state index contributed by atoms with van der Waals surface area (Å²) in [5, 5.41) is 2.87. The highest BCUT2D eigenvalue weighted by molar-refractivity contribution is 7.89. The van der Waals surface area contributed by atoms with Crippen molar-refractivity contribution in [3.8, 4) is 5.75 Å². The number of nitrogens with one attached hydrogen (secondary N) is 1. The number of nitrogens with zero attached hydrogens (tertiary/aromatic N) is 1. The molecule has 2 aromatic rings. The Balaban J connectivity index is 1.66. The van der Waals surface area contributed by atoms with Crippen molar-refractivity contribution in [3.63, 3.8) is 0 Å². The number of hydrogen-bond donors (Lipinski definition) is 1. The van der Waals surface area contributed by atoms with Crippen molar-refractivity contribution in [1.82, 2.24) is 9.62 Å². The van der Waals surface area contributed by atoms with E-state index in [4.69, 9.17) is 4.74 Å². The van der Waals surface area contributed by atoms with Gasteiger partial charge in [-0.3, -0.25) is 4.79 Å². The topological polar surface area (TPSA) is 75.7 Å². The van der Waals surface area contributed by atoms with Crippen molar-refractivity contribution in [1.29, 1.82) is 0 Å². The zero-order valence-corrected chi connectivity index (χ0v) is 18.0. The number of amides is 1. The second-order valence-corrected chi connectivity index (χ2v) is 9.50. The number of sulfonamides is 1. The molecular weight excluding hydrogens is 388 g/mol. The SMILES string of the molecule is Cc1ccc(OCC(C)NC(=O)c2ccc(C)c(S(=O)(=O)N3CCCC3)c2)cc1. The van der Waals surface area contributed by atoms with Crippen LogP contribution in [0.1, 0.15) is 41.3 Å². The molecule has 0 aliphatic carbocycles. The van der Waals surface area contributed by atoms with E-state index in [-0.39, 0.29) is 16.8 Å². The van der Waals surface area contributed by atoms with E-state index >= 15 is 0 Å². The largest absolute Gasteiger partial charge is 0.491 e. The van der Waals surface area contributed by atoms with Gasteiger partial charge in [0.05, 0.1) is 10.9 Å². The molecule has 1 N–H and O–H groups in total. The number of hydrogen-bond acceptors (Lipinski definition) is 4. The first-order chi connectivity index (χ1) is 13.8. The van der Waals surface area contributed by atoms with Crippen LogP contribution in [0.2, 0.25) is 0 Å². The molecule has 1 saturated heterocycles. The summed E-state index contributed by atoms with van der Waals surface area (Å²) in [6, 6.07) is 12.3. The maximum atomic E-state index is 12.9. The lowest BCUT2D eigenvalue weighted by Crippen LogP contribution is -2.37. The lowest BCUT2D eigenvalue weighted by atomic mass is 10.1. The lowest BCUT2D eigenvalue weighted by molar-refractivity contribution is 0.0926. The lowest BCUT2D eigenvalue weighted by Gasteiger charge is -2.19. The maximum absolute atomic E-state index is 12.9. The molecule has 29 heavy (non-hydrogen) atoms. The third kappa shape index (κ3) is 5.16. The molecule has 0 saturated carbocycles. The predicted molar refractivity (Wildman–Crippen MR) is 113 cm³/mol. The number of ether oxygens (including phenoxy) is 1. The summed E-state index contributed by atoms with van der Waals surface area (Å²) in [7, 11) is -3.58. The fraction of sp³-hybridized carbons (Fsp3) is 0.409. The normalized spacial score (nSPS) is 15.8. The summed E-state index contributed by atoms with van der Waals surface area (Å²) in [6.07, 6.45) is 1.74. The number of benzene rings is 2. The van der Waals surface area contributed by atoms with Crippen LogP contribution < -0.4 is 10.1 Å². The van der Waals surface area contributed by atoms with Gasteiger partial charge in [0.25, 0.3) is 5.91 Å². The molecular formula is C22H28N2O4S. The van der Waals surface area contributed by atoms with E-state index < -0.39 is 10.0 Å². The molecule has 1 aliphatic heterocycles. The van der Waals surface area contributed by atoms with Crippen molar-refractivity contribution in [3.05, 3.63) is 59.2 Å². The third-order valence-electron chi connectivity index (χ3n) is 5.03. The standard InChI is InChI=1S/C22H28N2O4S/c1-16-6-10-20(11-7-16)28-15-18(3)23-22(25)19-9-8-17(2)21(14-19)29(26,27)24-12-4-5-13-24/h6-11,14,18H,4-5,12-13,15H2,1-3H3,(H,23,25). The van der Waals surface area contributed by atoms with E-state index in [1.807, 2.05) is 38.1 Å². The van der Waals surface area contributed by atoms with Crippen molar-refractivity contribution in [2.24, 2.45) is 0 Å². The van der Waals surface area contributed by atoms with Gasteiger partial charge in [-0.2, -0.15) is 4.31 Å². The average Bonchev–Trinajstić information content (AvgIpc) is 3.23. The molecule has 0 radical (unpaired) electrons. The highest BCUT2D eigenvalue weighted by Crippen LogP contribution is 2.24. The van der Waals surface area contributed by atoms with Crippen molar-refractivity contribution < 1.29 is 17.9 Å². The second-order valence-electron chi connectivity index (χ2n) is 7.59. The van der Waals surface area contributed by atoms with Gasteiger partial charge in [0, 0.05) is 18.7 Å². The molecule has 156 valence electrons. The molecule has 1 aliphatic rings. The van der Waals surface area contributed by atoms with Crippen LogP contribution >= 0.6 is 0 Å². The quantitative estimate of drug-likeness (QED) is 0.752. The Morgan fingerprint density at radius 2 is 1.76 bits per heavy atom. The molecule has 0 spiro atoms. The minimum Gasteiger partial charge on any atom is -0.491 e. The Labute approximate surface area is 172 Å². The first-order valence-electron chi connectivity index (χ1n) is 9.88. The summed E-state index contributed by atoms with van der Waals surface area (Å²) in [5.74, 6) is 0.425. The number of aryl methyl sites for hydroxylation is 2. The molecule has 1 amide bonds. The van der Waals surface area contributed by atoms with Gasteiger partial charge in [0.1, 0.15) is 12.4 Å². The number of rotatable bonds is 7. The fourth-order valence-corrected chi connectivity index (χ4v) is 5.06. The van der Waals surface area contributed by atoms with Gasteiger partial charge in [-0.05, 0) is 63.4 Å². The first kappa shape index (κ1) is 21.3. The van der Waals surface area contributed by atoms with Gasteiger partial charge in [0.15, 0.2) is 0 Å². The van der Waals surface area contributed by atoms with Crippen molar-refractivity contribution in [2.45, 2.75) is 44.6 Å². The average molecular weight is 417 g/mol.